The van der Waals surface area contributed by atoms with Gasteiger partial charge >= 0.3 is 5.97 Å². The highest BCUT2D eigenvalue weighted by atomic mass is 19.1. The Bertz CT molecular complexity index is 496. The molecular weight excluding hydrogens is 227 g/mol. The van der Waals surface area contributed by atoms with Crippen molar-refractivity contribution in [2.45, 2.75) is 19.4 Å². The molecule has 1 aromatic carbocycles. The smallest absolute Gasteiger partial charge is 0.347 e. The molecule has 17 heavy (non-hydrogen) atoms. The first-order chi connectivity index (χ1) is 8.02. The van der Waals surface area contributed by atoms with E-state index < -0.39 is 17.9 Å². The van der Waals surface area contributed by atoms with Gasteiger partial charge in [-0.15, -0.1) is 0 Å². The zero-order valence-corrected chi connectivity index (χ0v) is 9.45. The lowest BCUT2D eigenvalue weighted by Gasteiger charge is -2.23. The number of hydrogen-bond acceptors (Lipinski definition) is 4. The van der Waals surface area contributed by atoms with Crippen molar-refractivity contribution in [2.75, 3.05) is 7.11 Å². The van der Waals surface area contributed by atoms with Crippen LogP contribution in [0.2, 0.25) is 0 Å². The SMILES string of the molecule is COC(=O)[C@@H]1CC(=O)c2cc(F)c(C)cc2O1. The summed E-state index contributed by atoms with van der Waals surface area (Å²) in [5.41, 5.74) is 0.537. The van der Waals surface area contributed by atoms with Crippen LogP contribution in [0.5, 0.6) is 5.75 Å². The Balaban J connectivity index is 2.39. The van der Waals surface area contributed by atoms with Crippen molar-refractivity contribution in [2.24, 2.45) is 0 Å². The first-order valence-corrected chi connectivity index (χ1v) is 5.10. The number of carbonyl (C=O) groups is 2. The number of fused-ring (bicyclic) bond motifs is 1. The van der Waals surface area contributed by atoms with Crippen LogP contribution in [0.4, 0.5) is 4.39 Å². The minimum Gasteiger partial charge on any atom is -0.477 e. The third-order valence-electron chi connectivity index (χ3n) is 2.67. The topological polar surface area (TPSA) is 52.6 Å². The van der Waals surface area contributed by atoms with Gasteiger partial charge in [-0.3, -0.25) is 4.79 Å². The minimum absolute atomic E-state index is 0.123. The molecule has 1 aliphatic heterocycles. The molecule has 1 aromatic rings. The van der Waals surface area contributed by atoms with Crippen molar-refractivity contribution < 1.29 is 23.5 Å². The van der Waals surface area contributed by atoms with E-state index in [2.05, 4.69) is 4.74 Å². The van der Waals surface area contributed by atoms with Crippen molar-refractivity contribution in [1.82, 2.24) is 0 Å². The Hall–Kier alpha value is -1.91. The van der Waals surface area contributed by atoms with E-state index >= 15 is 0 Å². The summed E-state index contributed by atoms with van der Waals surface area (Å²) in [7, 11) is 1.22. The van der Waals surface area contributed by atoms with E-state index in [-0.39, 0.29) is 23.5 Å². The first-order valence-electron chi connectivity index (χ1n) is 5.10. The second kappa shape index (κ2) is 4.16. The monoisotopic (exact) mass is 238 g/mol. The summed E-state index contributed by atoms with van der Waals surface area (Å²) in [6, 6.07) is 2.55. The van der Waals surface area contributed by atoms with Crippen LogP contribution in [0.1, 0.15) is 22.3 Å². The third kappa shape index (κ3) is 2.00. The van der Waals surface area contributed by atoms with Crippen LogP contribution in [-0.2, 0) is 9.53 Å². The molecule has 1 aliphatic rings. The maximum absolute atomic E-state index is 13.3. The Morgan fingerprint density at radius 3 is 2.88 bits per heavy atom. The number of rotatable bonds is 1. The number of aryl methyl sites for hydroxylation is 1. The summed E-state index contributed by atoms with van der Waals surface area (Å²) < 4.78 is 23.1. The van der Waals surface area contributed by atoms with Crippen molar-refractivity contribution in [3.8, 4) is 5.75 Å². The number of carbonyl (C=O) groups excluding carboxylic acids is 2. The zero-order valence-electron chi connectivity index (χ0n) is 9.45. The molecule has 0 aromatic heterocycles. The first kappa shape index (κ1) is 11.6. The van der Waals surface area contributed by atoms with E-state index in [1.165, 1.54) is 13.2 Å². The molecule has 0 radical (unpaired) electrons. The number of Topliss-reactive ketones (excluding diaryl/α,β-unsaturated/α-hetero) is 1. The van der Waals surface area contributed by atoms with Gasteiger partial charge in [0.2, 0.25) is 6.10 Å². The third-order valence-corrected chi connectivity index (χ3v) is 2.67. The molecule has 0 unspecified atom stereocenters. The average molecular weight is 238 g/mol. The zero-order chi connectivity index (χ0) is 12.6. The molecule has 1 atom stereocenters. The van der Waals surface area contributed by atoms with E-state index in [4.69, 9.17) is 4.74 Å². The summed E-state index contributed by atoms with van der Waals surface area (Å²) in [6.45, 7) is 1.56. The Labute approximate surface area is 97.3 Å². The van der Waals surface area contributed by atoms with Gasteiger partial charge in [0, 0.05) is 0 Å². The molecule has 0 bridgehead atoms. The lowest BCUT2D eigenvalue weighted by molar-refractivity contribution is -0.149. The standard InChI is InChI=1S/C12H11FO4/c1-6-3-10-7(4-8(6)13)9(14)5-11(17-10)12(15)16-2/h3-4,11H,5H2,1-2H3/t11-/m0/s1. The summed E-state index contributed by atoms with van der Waals surface area (Å²) in [4.78, 5) is 23.0. The van der Waals surface area contributed by atoms with Gasteiger partial charge in [-0.2, -0.15) is 0 Å². The normalized spacial score (nSPS) is 18.3. The van der Waals surface area contributed by atoms with Crippen molar-refractivity contribution in [3.63, 3.8) is 0 Å². The molecule has 0 fully saturated rings. The number of ketones is 1. The molecule has 0 saturated carbocycles. The second-order valence-corrected chi connectivity index (χ2v) is 3.85. The summed E-state index contributed by atoms with van der Waals surface area (Å²) in [6.07, 6.45) is -1.06. The van der Waals surface area contributed by atoms with Crippen LogP contribution < -0.4 is 4.74 Å². The van der Waals surface area contributed by atoms with Crippen LogP contribution in [0.3, 0.4) is 0 Å². The van der Waals surface area contributed by atoms with E-state index in [9.17, 15) is 14.0 Å². The van der Waals surface area contributed by atoms with Crippen LogP contribution >= 0.6 is 0 Å². The summed E-state index contributed by atoms with van der Waals surface area (Å²) in [5.74, 6) is -1.15. The van der Waals surface area contributed by atoms with Crippen molar-refractivity contribution >= 4 is 11.8 Å². The molecule has 5 heteroatoms. The molecule has 0 amide bonds. The van der Waals surface area contributed by atoms with Crippen LogP contribution in [-0.4, -0.2) is 25.0 Å². The minimum atomic E-state index is -0.940. The van der Waals surface area contributed by atoms with Gasteiger partial charge in [-0.1, -0.05) is 0 Å². The van der Waals surface area contributed by atoms with E-state index in [0.717, 1.165) is 6.07 Å². The molecule has 1 heterocycles. The lowest BCUT2D eigenvalue weighted by atomic mass is 9.99. The fourth-order valence-electron chi connectivity index (χ4n) is 1.71. The van der Waals surface area contributed by atoms with Crippen molar-refractivity contribution in [3.05, 3.63) is 29.1 Å². The summed E-state index contributed by atoms with van der Waals surface area (Å²) >= 11 is 0. The fourth-order valence-corrected chi connectivity index (χ4v) is 1.71. The molecule has 0 saturated heterocycles. The molecule has 0 N–H and O–H groups in total. The van der Waals surface area contributed by atoms with E-state index in [0.29, 0.717) is 5.56 Å². The van der Waals surface area contributed by atoms with Gasteiger partial charge in [0.1, 0.15) is 11.6 Å². The summed E-state index contributed by atoms with van der Waals surface area (Å²) in [5, 5.41) is 0. The van der Waals surface area contributed by atoms with Crippen LogP contribution in [0.25, 0.3) is 0 Å². The molecule has 2 rings (SSSR count). The number of ether oxygens (including phenoxy) is 2. The van der Waals surface area contributed by atoms with Crippen LogP contribution in [0.15, 0.2) is 12.1 Å². The van der Waals surface area contributed by atoms with Crippen LogP contribution in [0, 0.1) is 12.7 Å². The molecule has 0 aliphatic carbocycles. The number of methoxy groups -OCH3 is 1. The number of benzene rings is 1. The second-order valence-electron chi connectivity index (χ2n) is 3.85. The Morgan fingerprint density at radius 1 is 1.53 bits per heavy atom. The number of hydrogen-bond donors (Lipinski definition) is 0. The Kier molecular flexibility index (Phi) is 2.83. The lowest BCUT2D eigenvalue weighted by Crippen LogP contribution is -2.35. The maximum Gasteiger partial charge on any atom is 0.347 e. The van der Waals surface area contributed by atoms with E-state index in [1.807, 2.05) is 0 Å². The maximum atomic E-state index is 13.3. The van der Waals surface area contributed by atoms with Gasteiger partial charge in [0.05, 0.1) is 19.1 Å². The highest BCUT2D eigenvalue weighted by molar-refractivity contribution is 6.02. The Morgan fingerprint density at radius 2 is 2.24 bits per heavy atom. The van der Waals surface area contributed by atoms with Gasteiger partial charge in [-0.25, -0.2) is 9.18 Å². The largest absolute Gasteiger partial charge is 0.477 e. The quantitative estimate of drug-likeness (QED) is 0.698. The van der Waals surface area contributed by atoms with E-state index in [1.54, 1.807) is 6.92 Å². The highest BCUT2D eigenvalue weighted by Gasteiger charge is 2.32. The molecular formula is C12H11FO4. The molecule has 0 spiro atoms. The molecule has 4 nitrogen and oxygen atoms in total. The molecule has 90 valence electrons. The predicted molar refractivity (Wildman–Crippen MR) is 56.5 cm³/mol. The fraction of sp³-hybridized carbons (Fsp3) is 0.333. The highest BCUT2D eigenvalue weighted by Crippen LogP contribution is 2.30. The van der Waals surface area contributed by atoms with Gasteiger partial charge in [-0.05, 0) is 24.6 Å². The average Bonchev–Trinajstić information content (AvgIpc) is 2.30. The predicted octanol–water partition coefficient (Wildman–Crippen LogP) is 1.64. The van der Waals surface area contributed by atoms with Crippen molar-refractivity contribution in [1.29, 1.82) is 0 Å². The number of halogens is 1. The van der Waals surface area contributed by atoms with Gasteiger partial charge < -0.3 is 9.47 Å². The van der Waals surface area contributed by atoms with Gasteiger partial charge in [0.25, 0.3) is 0 Å². The number of esters is 1. The van der Waals surface area contributed by atoms with Gasteiger partial charge in [0.15, 0.2) is 5.78 Å².